The summed E-state index contributed by atoms with van der Waals surface area (Å²) < 4.78 is 10.9. The Hall–Kier alpha value is -1.88. The number of carbonyl (C=O) groups excluding carboxylic acids is 1. The van der Waals surface area contributed by atoms with E-state index in [0.717, 1.165) is 23.5 Å². The highest BCUT2D eigenvalue weighted by atomic mass is 32.2. The number of benzene rings is 1. The lowest BCUT2D eigenvalue weighted by Gasteiger charge is -2.15. The fraction of sp³-hybridized carbons (Fsp3) is 0.353. The maximum atomic E-state index is 11.8. The Morgan fingerprint density at radius 3 is 2.41 bits per heavy atom. The van der Waals surface area contributed by atoms with Gasteiger partial charge in [0.2, 0.25) is 0 Å². The summed E-state index contributed by atoms with van der Waals surface area (Å²) in [4.78, 5) is 12.7. The number of thioether (sulfide) groups is 1. The number of allylic oxidation sites excluding steroid dienone is 3. The van der Waals surface area contributed by atoms with Gasteiger partial charge in [-0.1, -0.05) is 18.2 Å². The van der Waals surface area contributed by atoms with E-state index in [4.69, 9.17) is 9.47 Å². The van der Waals surface area contributed by atoms with Crippen molar-refractivity contribution >= 4 is 17.7 Å². The second kappa shape index (κ2) is 7.94. The summed E-state index contributed by atoms with van der Waals surface area (Å²) in [6.07, 6.45) is 8.82. The zero-order valence-corrected chi connectivity index (χ0v) is 14.0. The molecule has 0 heterocycles. The lowest BCUT2D eigenvalue weighted by molar-refractivity contribution is 0.0962. The molecule has 0 unspecified atom stereocenters. The maximum absolute atomic E-state index is 11.8. The molecule has 0 saturated heterocycles. The molecule has 0 aromatic heterocycles. The van der Waals surface area contributed by atoms with Crippen molar-refractivity contribution in [3.8, 4) is 11.5 Å². The Morgan fingerprint density at radius 1 is 1.23 bits per heavy atom. The highest BCUT2D eigenvalue weighted by molar-refractivity contribution is 7.99. The lowest BCUT2D eigenvalue weighted by Crippen LogP contribution is -2.18. The maximum Gasteiger partial charge on any atom is 0.251 e. The number of rotatable bonds is 6. The van der Waals surface area contributed by atoms with Crippen LogP contribution in [0.3, 0.4) is 0 Å². The van der Waals surface area contributed by atoms with E-state index in [9.17, 15) is 4.79 Å². The third kappa shape index (κ3) is 3.85. The van der Waals surface area contributed by atoms with Crippen molar-refractivity contribution in [2.24, 2.45) is 0 Å². The number of carbonyl (C=O) groups is 1. The molecule has 0 spiro atoms. The van der Waals surface area contributed by atoms with Crippen molar-refractivity contribution in [3.05, 3.63) is 41.5 Å². The normalized spacial score (nSPS) is 13.5. The number of amides is 1. The minimum atomic E-state index is -0.161. The smallest absolute Gasteiger partial charge is 0.251 e. The van der Waals surface area contributed by atoms with Crippen LogP contribution in [0.2, 0.25) is 0 Å². The average molecular weight is 319 g/mol. The van der Waals surface area contributed by atoms with Crippen molar-refractivity contribution in [3.63, 3.8) is 0 Å². The fourth-order valence-corrected chi connectivity index (χ4v) is 3.32. The van der Waals surface area contributed by atoms with E-state index < -0.39 is 0 Å². The summed E-state index contributed by atoms with van der Waals surface area (Å²) in [5.74, 6) is 2.00. The molecule has 2 rings (SSSR count). The van der Waals surface area contributed by atoms with E-state index in [1.165, 1.54) is 5.57 Å². The molecule has 0 aliphatic heterocycles. The predicted octanol–water partition coefficient (Wildman–Crippen LogP) is 3.43. The fourth-order valence-electron chi connectivity index (χ4n) is 2.23. The van der Waals surface area contributed by atoms with Crippen LogP contribution < -0.4 is 14.8 Å². The first kappa shape index (κ1) is 16.5. The van der Waals surface area contributed by atoms with Gasteiger partial charge < -0.3 is 14.8 Å². The highest BCUT2D eigenvalue weighted by Crippen LogP contribution is 2.40. The molecule has 1 aliphatic carbocycles. The molecule has 1 amide bonds. The van der Waals surface area contributed by atoms with E-state index in [1.807, 2.05) is 0 Å². The van der Waals surface area contributed by atoms with Gasteiger partial charge in [0.05, 0.1) is 19.1 Å². The molecule has 1 aliphatic rings. The standard InChI is InChI=1S/C17H21NO3S/c1-18-17(19)13-9-14(20-2)16(15(10-13)21-3)22-11-12-7-5-4-6-8-12/h5,7-10H,4,6,11H2,1-3H3,(H,18,19). The summed E-state index contributed by atoms with van der Waals surface area (Å²) in [6.45, 7) is 0. The molecule has 22 heavy (non-hydrogen) atoms. The van der Waals surface area contributed by atoms with Crippen molar-refractivity contribution < 1.29 is 14.3 Å². The van der Waals surface area contributed by atoms with Gasteiger partial charge in [0.15, 0.2) is 0 Å². The van der Waals surface area contributed by atoms with Gasteiger partial charge in [0.25, 0.3) is 5.91 Å². The molecule has 0 saturated carbocycles. The quantitative estimate of drug-likeness (QED) is 0.816. The van der Waals surface area contributed by atoms with Crippen LogP contribution in [-0.2, 0) is 0 Å². The molecular formula is C17H21NO3S. The topological polar surface area (TPSA) is 47.6 Å². The molecule has 1 N–H and O–H groups in total. The van der Waals surface area contributed by atoms with Gasteiger partial charge in [-0.2, -0.15) is 0 Å². The van der Waals surface area contributed by atoms with Crippen LogP contribution in [0.1, 0.15) is 23.2 Å². The van der Waals surface area contributed by atoms with Crippen molar-refractivity contribution in [2.45, 2.75) is 17.7 Å². The molecule has 1 aromatic carbocycles. The predicted molar refractivity (Wildman–Crippen MR) is 90.1 cm³/mol. The molecule has 0 bridgehead atoms. The number of hydrogen-bond acceptors (Lipinski definition) is 4. The first-order valence-electron chi connectivity index (χ1n) is 7.16. The lowest BCUT2D eigenvalue weighted by atomic mass is 10.1. The van der Waals surface area contributed by atoms with E-state index in [1.54, 1.807) is 45.2 Å². The molecule has 1 aromatic rings. The van der Waals surface area contributed by atoms with Crippen LogP contribution >= 0.6 is 11.8 Å². The first-order chi connectivity index (χ1) is 10.7. The molecule has 118 valence electrons. The molecule has 0 radical (unpaired) electrons. The SMILES string of the molecule is CNC(=O)c1cc(OC)c(SCC2=CCCC=C2)c(OC)c1. The van der Waals surface area contributed by atoms with Gasteiger partial charge in [-0.3, -0.25) is 4.79 Å². The molecular weight excluding hydrogens is 298 g/mol. The summed E-state index contributed by atoms with van der Waals surface area (Å²) >= 11 is 1.66. The zero-order valence-electron chi connectivity index (χ0n) is 13.1. The molecule has 4 nitrogen and oxygen atoms in total. The van der Waals surface area contributed by atoms with Crippen molar-refractivity contribution in [1.29, 1.82) is 0 Å². The third-order valence-corrected chi connectivity index (χ3v) is 4.57. The molecule has 0 atom stereocenters. The van der Waals surface area contributed by atoms with E-state index >= 15 is 0 Å². The van der Waals surface area contributed by atoms with E-state index in [2.05, 4.69) is 23.5 Å². The molecule has 0 fully saturated rings. The minimum Gasteiger partial charge on any atom is -0.495 e. The third-order valence-electron chi connectivity index (χ3n) is 3.40. The summed E-state index contributed by atoms with van der Waals surface area (Å²) in [6, 6.07) is 3.49. The van der Waals surface area contributed by atoms with Crippen molar-refractivity contribution in [1.82, 2.24) is 5.32 Å². The van der Waals surface area contributed by atoms with Crippen molar-refractivity contribution in [2.75, 3.05) is 27.0 Å². The first-order valence-corrected chi connectivity index (χ1v) is 8.14. The minimum absolute atomic E-state index is 0.161. The Balaban J connectivity index is 2.26. The Morgan fingerprint density at radius 2 is 1.91 bits per heavy atom. The number of ether oxygens (including phenoxy) is 2. The second-order valence-corrected chi connectivity index (χ2v) is 5.82. The number of nitrogens with one attached hydrogen (secondary N) is 1. The molecule has 5 heteroatoms. The van der Waals surface area contributed by atoms with Gasteiger partial charge in [0.1, 0.15) is 11.5 Å². The van der Waals surface area contributed by atoms with Gasteiger partial charge in [-0.05, 0) is 30.5 Å². The van der Waals surface area contributed by atoms with Crippen LogP contribution in [0.25, 0.3) is 0 Å². The number of hydrogen-bond donors (Lipinski definition) is 1. The van der Waals surface area contributed by atoms with Crippen LogP contribution in [0.4, 0.5) is 0 Å². The van der Waals surface area contributed by atoms with Crippen LogP contribution in [0.15, 0.2) is 40.8 Å². The summed E-state index contributed by atoms with van der Waals surface area (Å²) in [5.41, 5.74) is 1.83. The monoisotopic (exact) mass is 319 g/mol. The van der Waals surface area contributed by atoms with E-state index in [0.29, 0.717) is 17.1 Å². The van der Waals surface area contributed by atoms with Crippen LogP contribution in [-0.4, -0.2) is 32.9 Å². The van der Waals surface area contributed by atoms with Gasteiger partial charge in [-0.15, -0.1) is 11.8 Å². The second-order valence-electron chi connectivity index (χ2n) is 4.84. The summed E-state index contributed by atoms with van der Waals surface area (Å²) in [5, 5.41) is 2.61. The Bertz CT molecular complexity index is 583. The Kier molecular flexibility index (Phi) is 5.95. The van der Waals surface area contributed by atoms with Gasteiger partial charge in [0, 0.05) is 18.4 Å². The zero-order chi connectivity index (χ0) is 15.9. The van der Waals surface area contributed by atoms with Crippen LogP contribution in [0, 0.1) is 0 Å². The Labute approximate surface area is 135 Å². The largest absolute Gasteiger partial charge is 0.495 e. The average Bonchev–Trinajstić information content (AvgIpc) is 2.59. The summed E-state index contributed by atoms with van der Waals surface area (Å²) in [7, 11) is 4.81. The van der Waals surface area contributed by atoms with Gasteiger partial charge in [-0.25, -0.2) is 0 Å². The number of methoxy groups -OCH3 is 2. The highest BCUT2D eigenvalue weighted by Gasteiger charge is 2.16. The van der Waals surface area contributed by atoms with E-state index in [-0.39, 0.29) is 5.91 Å². The van der Waals surface area contributed by atoms with Gasteiger partial charge >= 0.3 is 0 Å². The van der Waals surface area contributed by atoms with Crippen LogP contribution in [0.5, 0.6) is 11.5 Å².